The van der Waals surface area contributed by atoms with Crippen molar-refractivity contribution in [3.05, 3.63) is 29.1 Å². The summed E-state index contributed by atoms with van der Waals surface area (Å²) in [5.74, 6) is 1.12. The third kappa shape index (κ3) is 2.92. The van der Waals surface area contributed by atoms with E-state index in [9.17, 15) is 9.50 Å². The van der Waals surface area contributed by atoms with Crippen molar-refractivity contribution in [3.63, 3.8) is 0 Å². The first kappa shape index (κ1) is 14.3. The van der Waals surface area contributed by atoms with Crippen molar-refractivity contribution in [1.82, 2.24) is 0 Å². The molecular formula is C16H24FNO. The zero-order valence-electron chi connectivity index (χ0n) is 12.3. The number of benzene rings is 1. The monoisotopic (exact) mass is 265 g/mol. The van der Waals surface area contributed by atoms with E-state index in [0.29, 0.717) is 23.0 Å². The number of anilines is 1. The van der Waals surface area contributed by atoms with Gasteiger partial charge in [0.2, 0.25) is 0 Å². The maximum atomic E-state index is 13.7. The Balaban J connectivity index is 2.32. The summed E-state index contributed by atoms with van der Waals surface area (Å²) in [4.78, 5) is 2.29. The molecule has 1 heterocycles. The van der Waals surface area contributed by atoms with E-state index in [1.54, 1.807) is 13.8 Å². The first-order chi connectivity index (χ1) is 8.90. The number of hydrogen-bond donors (Lipinski definition) is 1. The first-order valence-electron chi connectivity index (χ1n) is 7.13. The van der Waals surface area contributed by atoms with Crippen molar-refractivity contribution in [2.45, 2.75) is 40.2 Å². The first-order valence-corrected chi connectivity index (χ1v) is 7.13. The molecule has 0 spiro atoms. The predicted molar refractivity (Wildman–Crippen MR) is 76.9 cm³/mol. The molecule has 2 nitrogen and oxygen atoms in total. The van der Waals surface area contributed by atoms with Crippen LogP contribution in [0.25, 0.3) is 0 Å². The summed E-state index contributed by atoms with van der Waals surface area (Å²) in [5.41, 5.74) is 2.34. The Bertz CT molecular complexity index is 456. The molecule has 1 fully saturated rings. The summed E-state index contributed by atoms with van der Waals surface area (Å²) in [6.45, 7) is 9.97. The maximum Gasteiger partial charge on any atom is 0.126 e. The van der Waals surface area contributed by atoms with Gasteiger partial charge >= 0.3 is 0 Å². The van der Waals surface area contributed by atoms with Gasteiger partial charge in [0.1, 0.15) is 5.82 Å². The van der Waals surface area contributed by atoms with Crippen molar-refractivity contribution < 1.29 is 9.50 Å². The van der Waals surface area contributed by atoms with Crippen molar-refractivity contribution in [1.29, 1.82) is 0 Å². The Morgan fingerprint density at radius 3 is 2.53 bits per heavy atom. The van der Waals surface area contributed by atoms with Crippen LogP contribution in [0.4, 0.5) is 10.1 Å². The van der Waals surface area contributed by atoms with Gasteiger partial charge in [-0.3, -0.25) is 0 Å². The van der Waals surface area contributed by atoms with Crippen LogP contribution in [0.15, 0.2) is 12.1 Å². The molecule has 0 bridgehead atoms. The lowest BCUT2D eigenvalue weighted by molar-refractivity contribution is 0.199. The number of rotatable bonds is 3. The standard InChI is InChI=1S/C16H24FNO/c1-10(2)13-5-6-18(9-13)16-7-11(3)15(17)8-14(16)12(4)19/h7-8,10,12-13,19H,5-6,9H2,1-4H3. The van der Waals surface area contributed by atoms with E-state index in [4.69, 9.17) is 0 Å². The van der Waals surface area contributed by atoms with Gasteiger partial charge in [-0.1, -0.05) is 13.8 Å². The summed E-state index contributed by atoms with van der Waals surface area (Å²) >= 11 is 0. The highest BCUT2D eigenvalue weighted by molar-refractivity contribution is 5.57. The second kappa shape index (κ2) is 5.49. The maximum absolute atomic E-state index is 13.7. The van der Waals surface area contributed by atoms with E-state index < -0.39 is 6.10 Å². The van der Waals surface area contributed by atoms with Gasteiger partial charge in [-0.2, -0.15) is 0 Å². The van der Waals surface area contributed by atoms with Crippen LogP contribution in [0, 0.1) is 24.6 Å². The Morgan fingerprint density at radius 2 is 2.00 bits per heavy atom. The van der Waals surface area contributed by atoms with E-state index in [1.165, 1.54) is 12.5 Å². The van der Waals surface area contributed by atoms with E-state index in [2.05, 4.69) is 18.7 Å². The fourth-order valence-corrected chi connectivity index (χ4v) is 2.84. The summed E-state index contributed by atoms with van der Waals surface area (Å²) in [7, 11) is 0. The molecule has 1 aliphatic heterocycles. The van der Waals surface area contributed by atoms with Gasteiger partial charge < -0.3 is 10.0 Å². The molecule has 3 heteroatoms. The molecule has 0 amide bonds. The van der Waals surface area contributed by atoms with E-state index >= 15 is 0 Å². The van der Waals surface area contributed by atoms with E-state index in [-0.39, 0.29) is 5.82 Å². The van der Waals surface area contributed by atoms with Crippen LogP contribution in [0.3, 0.4) is 0 Å². The van der Waals surface area contributed by atoms with Crippen LogP contribution in [0.5, 0.6) is 0 Å². The molecule has 1 N–H and O–H groups in total. The number of halogens is 1. The molecule has 1 aliphatic rings. The Hall–Kier alpha value is -1.09. The molecule has 0 aliphatic carbocycles. The number of aryl methyl sites for hydroxylation is 1. The molecule has 1 aromatic carbocycles. The summed E-state index contributed by atoms with van der Waals surface area (Å²) in [6, 6.07) is 3.36. The van der Waals surface area contributed by atoms with E-state index in [0.717, 1.165) is 18.8 Å². The highest BCUT2D eigenvalue weighted by Crippen LogP contribution is 2.34. The van der Waals surface area contributed by atoms with Crippen molar-refractivity contribution >= 4 is 5.69 Å². The van der Waals surface area contributed by atoms with Gasteiger partial charge in [-0.25, -0.2) is 4.39 Å². The van der Waals surface area contributed by atoms with Crippen molar-refractivity contribution in [2.24, 2.45) is 11.8 Å². The summed E-state index contributed by atoms with van der Waals surface area (Å²) < 4.78 is 13.7. The van der Waals surface area contributed by atoms with Gasteiger partial charge in [0, 0.05) is 24.3 Å². The molecule has 106 valence electrons. The molecule has 0 saturated carbocycles. The highest BCUT2D eigenvalue weighted by atomic mass is 19.1. The second-order valence-corrected chi connectivity index (χ2v) is 6.07. The minimum absolute atomic E-state index is 0.237. The summed E-state index contributed by atoms with van der Waals surface area (Å²) in [5, 5.41) is 9.86. The van der Waals surface area contributed by atoms with Gasteiger partial charge in [-0.15, -0.1) is 0 Å². The molecule has 19 heavy (non-hydrogen) atoms. The van der Waals surface area contributed by atoms with Gasteiger partial charge in [0.15, 0.2) is 0 Å². The van der Waals surface area contributed by atoms with Crippen LogP contribution >= 0.6 is 0 Å². The van der Waals surface area contributed by atoms with Crippen molar-refractivity contribution in [2.75, 3.05) is 18.0 Å². The third-order valence-electron chi connectivity index (χ3n) is 4.27. The number of hydrogen-bond acceptors (Lipinski definition) is 2. The fraction of sp³-hybridized carbons (Fsp3) is 0.625. The molecule has 2 atom stereocenters. The zero-order chi connectivity index (χ0) is 14.2. The molecule has 2 unspecified atom stereocenters. The highest BCUT2D eigenvalue weighted by Gasteiger charge is 2.27. The van der Waals surface area contributed by atoms with Gasteiger partial charge in [-0.05, 0) is 49.8 Å². The number of aliphatic hydroxyl groups excluding tert-OH is 1. The smallest absolute Gasteiger partial charge is 0.126 e. The lowest BCUT2D eigenvalue weighted by Crippen LogP contribution is -2.23. The van der Waals surface area contributed by atoms with Crippen LogP contribution in [0.1, 0.15) is 44.4 Å². The fourth-order valence-electron chi connectivity index (χ4n) is 2.84. The molecule has 1 aromatic rings. The lowest BCUT2D eigenvalue weighted by Gasteiger charge is -2.25. The SMILES string of the molecule is Cc1cc(N2CCC(C(C)C)C2)c(C(C)O)cc1F. The minimum Gasteiger partial charge on any atom is -0.389 e. The second-order valence-electron chi connectivity index (χ2n) is 6.07. The van der Waals surface area contributed by atoms with Crippen LogP contribution in [0.2, 0.25) is 0 Å². The number of aliphatic hydroxyl groups is 1. The zero-order valence-corrected chi connectivity index (χ0v) is 12.3. The average molecular weight is 265 g/mol. The largest absolute Gasteiger partial charge is 0.389 e. The molecule has 0 radical (unpaired) electrons. The predicted octanol–water partition coefficient (Wildman–Crippen LogP) is 3.67. The quantitative estimate of drug-likeness (QED) is 0.901. The third-order valence-corrected chi connectivity index (χ3v) is 4.27. The summed E-state index contributed by atoms with van der Waals surface area (Å²) in [6.07, 6.45) is 0.538. The molecule has 2 rings (SSSR count). The molecule has 1 saturated heterocycles. The Labute approximate surface area is 115 Å². The van der Waals surface area contributed by atoms with Crippen molar-refractivity contribution in [3.8, 4) is 0 Å². The topological polar surface area (TPSA) is 23.5 Å². The average Bonchev–Trinajstić information content (AvgIpc) is 2.81. The van der Waals surface area contributed by atoms with Crippen LogP contribution in [-0.2, 0) is 0 Å². The number of nitrogens with zero attached hydrogens (tertiary/aromatic N) is 1. The van der Waals surface area contributed by atoms with E-state index in [1.807, 2.05) is 6.07 Å². The lowest BCUT2D eigenvalue weighted by atomic mass is 9.95. The van der Waals surface area contributed by atoms with Gasteiger partial charge in [0.25, 0.3) is 0 Å². The normalized spacial score (nSPS) is 21.2. The van der Waals surface area contributed by atoms with Crippen LogP contribution < -0.4 is 4.90 Å². The molecule has 0 aromatic heterocycles. The molecular weight excluding hydrogens is 241 g/mol. The Kier molecular flexibility index (Phi) is 4.14. The van der Waals surface area contributed by atoms with Crippen LogP contribution in [-0.4, -0.2) is 18.2 Å². The minimum atomic E-state index is -0.636. The Morgan fingerprint density at radius 1 is 1.32 bits per heavy atom. The van der Waals surface area contributed by atoms with Gasteiger partial charge in [0.05, 0.1) is 6.10 Å².